The van der Waals surface area contributed by atoms with E-state index in [1.54, 1.807) is 0 Å². The van der Waals surface area contributed by atoms with E-state index in [0.717, 1.165) is 10.5 Å². The number of sulfonamides is 1. The monoisotopic (exact) mass is 349 g/mol. The van der Waals surface area contributed by atoms with Crippen LogP contribution in [0.1, 0.15) is 20.8 Å². The van der Waals surface area contributed by atoms with Crippen molar-refractivity contribution in [2.75, 3.05) is 19.4 Å². The molecule has 2 rings (SSSR count). The Morgan fingerprint density at radius 3 is 2.17 bits per heavy atom. The second-order valence-electron chi connectivity index (χ2n) is 5.00. The summed E-state index contributed by atoms with van der Waals surface area (Å²) in [5.41, 5.74) is 0.426. The molecule has 0 saturated heterocycles. The van der Waals surface area contributed by atoms with E-state index in [1.165, 1.54) is 50.5 Å². The standard InChI is InChI=1S/C15H15N3O5S/c1-18(2)24(22,23)12-6-4-11(5-7-12)17-14(19)10-3-8-13(15(20)21)16-9-10/h3-9H,1-2H3,(H,17,19)(H,20,21). The zero-order chi connectivity index (χ0) is 17.9. The van der Waals surface area contributed by atoms with E-state index in [0.29, 0.717) is 5.69 Å². The van der Waals surface area contributed by atoms with Crippen molar-refractivity contribution in [3.63, 3.8) is 0 Å². The van der Waals surface area contributed by atoms with E-state index in [-0.39, 0.29) is 16.2 Å². The third kappa shape index (κ3) is 3.76. The van der Waals surface area contributed by atoms with E-state index in [1.807, 2.05) is 0 Å². The third-order valence-corrected chi connectivity index (χ3v) is 4.96. The van der Waals surface area contributed by atoms with Crippen LogP contribution in [-0.4, -0.2) is 48.8 Å². The first-order valence-corrected chi connectivity index (χ1v) is 8.19. The van der Waals surface area contributed by atoms with Crippen molar-refractivity contribution in [3.05, 3.63) is 53.9 Å². The van der Waals surface area contributed by atoms with Gasteiger partial charge in [-0.05, 0) is 36.4 Å². The summed E-state index contributed by atoms with van der Waals surface area (Å²) in [7, 11) is -0.673. The first kappa shape index (κ1) is 17.6. The van der Waals surface area contributed by atoms with Gasteiger partial charge in [0.25, 0.3) is 5.91 Å². The molecule has 0 aliphatic rings. The lowest BCUT2D eigenvalue weighted by Crippen LogP contribution is -2.22. The van der Waals surface area contributed by atoms with Crippen LogP contribution in [0.25, 0.3) is 0 Å². The number of carboxylic acids is 1. The molecule has 0 spiro atoms. The summed E-state index contributed by atoms with van der Waals surface area (Å²) in [5.74, 6) is -1.66. The number of aromatic nitrogens is 1. The Balaban J connectivity index is 2.14. The number of nitrogens with zero attached hydrogens (tertiary/aromatic N) is 2. The molecule has 0 aliphatic carbocycles. The topological polar surface area (TPSA) is 117 Å². The normalized spacial score (nSPS) is 11.3. The van der Waals surface area contributed by atoms with Gasteiger partial charge in [0.1, 0.15) is 5.69 Å². The van der Waals surface area contributed by atoms with Crippen LogP contribution in [0.3, 0.4) is 0 Å². The Morgan fingerprint density at radius 1 is 1.08 bits per heavy atom. The number of hydrogen-bond donors (Lipinski definition) is 2. The quantitative estimate of drug-likeness (QED) is 0.840. The van der Waals surface area contributed by atoms with Crippen molar-refractivity contribution in [3.8, 4) is 0 Å². The molecule has 2 aromatic rings. The van der Waals surface area contributed by atoms with Crippen LogP contribution in [-0.2, 0) is 10.0 Å². The molecular weight excluding hydrogens is 334 g/mol. The van der Waals surface area contributed by atoms with Gasteiger partial charge in [-0.15, -0.1) is 0 Å². The van der Waals surface area contributed by atoms with Gasteiger partial charge < -0.3 is 10.4 Å². The summed E-state index contributed by atoms with van der Waals surface area (Å²) in [6.07, 6.45) is 1.16. The van der Waals surface area contributed by atoms with Crippen molar-refractivity contribution < 1.29 is 23.1 Å². The maximum Gasteiger partial charge on any atom is 0.354 e. The lowest BCUT2D eigenvalue weighted by atomic mass is 10.2. The Hall–Kier alpha value is -2.78. The molecule has 0 radical (unpaired) electrons. The summed E-state index contributed by atoms with van der Waals surface area (Å²) < 4.78 is 25.0. The molecule has 0 saturated carbocycles. The lowest BCUT2D eigenvalue weighted by molar-refractivity contribution is 0.0690. The zero-order valence-corrected chi connectivity index (χ0v) is 13.7. The van der Waals surface area contributed by atoms with E-state index >= 15 is 0 Å². The van der Waals surface area contributed by atoms with Crippen LogP contribution >= 0.6 is 0 Å². The van der Waals surface area contributed by atoms with Gasteiger partial charge in [-0.3, -0.25) is 4.79 Å². The van der Waals surface area contributed by atoms with Gasteiger partial charge in [0, 0.05) is 26.0 Å². The van der Waals surface area contributed by atoms with Crippen LogP contribution in [0.4, 0.5) is 5.69 Å². The number of benzene rings is 1. The largest absolute Gasteiger partial charge is 0.477 e. The van der Waals surface area contributed by atoms with E-state index in [9.17, 15) is 18.0 Å². The van der Waals surface area contributed by atoms with Crippen LogP contribution < -0.4 is 5.32 Å². The maximum absolute atomic E-state index is 12.1. The molecule has 24 heavy (non-hydrogen) atoms. The van der Waals surface area contributed by atoms with Crippen molar-refractivity contribution in [2.45, 2.75) is 4.90 Å². The predicted molar refractivity (Wildman–Crippen MR) is 86.5 cm³/mol. The number of nitrogens with one attached hydrogen (secondary N) is 1. The number of carbonyl (C=O) groups excluding carboxylic acids is 1. The predicted octanol–water partition coefficient (Wildman–Crippen LogP) is 1.28. The highest BCUT2D eigenvalue weighted by Crippen LogP contribution is 2.17. The number of carboxylic acid groups (broad SMARTS) is 1. The molecular formula is C15H15N3O5S. The van der Waals surface area contributed by atoms with E-state index in [4.69, 9.17) is 5.11 Å². The minimum absolute atomic E-state index is 0.109. The molecule has 2 N–H and O–H groups in total. The molecule has 1 heterocycles. The SMILES string of the molecule is CN(C)S(=O)(=O)c1ccc(NC(=O)c2ccc(C(=O)O)nc2)cc1. The van der Waals surface area contributed by atoms with Gasteiger partial charge in [0.05, 0.1) is 10.5 Å². The van der Waals surface area contributed by atoms with Gasteiger partial charge in [-0.1, -0.05) is 0 Å². The molecule has 0 bridgehead atoms. The molecule has 0 aliphatic heterocycles. The van der Waals surface area contributed by atoms with Crippen LogP contribution in [0, 0.1) is 0 Å². The minimum Gasteiger partial charge on any atom is -0.477 e. The van der Waals surface area contributed by atoms with Crippen molar-refractivity contribution >= 4 is 27.6 Å². The van der Waals surface area contributed by atoms with Crippen molar-refractivity contribution in [1.29, 1.82) is 0 Å². The Bertz CT molecular complexity index is 859. The fourth-order valence-electron chi connectivity index (χ4n) is 1.78. The van der Waals surface area contributed by atoms with Crippen LogP contribution in [0.2, 0.25) is 0 Å². The van der Waals surface area contributed by atoms with Crippen molar-refractivity contribution in [2.24, 2.45) is 0 Å². The number of rotatable bonds is 5. The molecule has 0 fully saturated rings. The van der Waals surface area contributed by atoms with E-state index < -0.39 is 21.9 Å². The van der Waals surface area contributed by atoms with Gasteiger partial charge in [-0.25, -0.2) is 22.5 Å². The Kier molecular flexibility index (Phi) is 4.96. The molecule has 8 nitrogen and oxygen atoms in total. The maximum atomic E-state index is 12.1. The fraction of sp³-hybridized carbons (Fsp3) is 0.133. The van der Waals surface area contributed by atoms with Gasteiger partial charge in [0.2, 0.25) is 10.0 Å². The molecule has 1 aromatic carbocycles. The number of amides is 1. The van der Waals surface area contributed by atoms with Crippen LogP contribution in [0.5, 0.6) is 0 Å². The highest BCUT2D eigenvalue weighted by atomic mass is 32.2. The minimum atomic E-state index is -3.53. The van der Waals surface area contributed by atoms with Gasteiger partial charge in [-0.2, -0.15) is 0 Å². The second-order valence-corrected chi connectivity index (χ2v) is 7.16. The van der Waals surface area contributed by atoms with Crippen molar-refractivity contribution in [1.82, 2.24) is 9.29 Å². The second kappa shape index (κ2) is 6.77. The number of pyridine rings is 1. The first-order chi connectivity index (χ1) is 11.2. The molecule has 1 amide bonds. The summed E-state index contributed by atoms with van der Waals surface area (Å²) >= 11 is 0. The summed E-state index contributed by atoms with van der Waals surface area (Å²) in [6.45, 7) is 0. The number of anilines is 1. The summed E-state index contributed by atoms with van der Waals surface area (Å²) in [5, 5.41) is 11.3. The summed E-state index contributed by atoms with van der Waals surface area (Å²) in [6, 6.07) is 8.27. The number of carbonyl (C=O) groups is 2. The molecule has 126 valence electrons. The van der Waals surface area contributed by atoms with Gasteiger partial charge in [0.15, 0.2) is 0 Å². The molecule has 0 atom stereocenters. The lowest BCUT2D eigenvalue weighted by Gasteiger charge is -2.12. The number of aromatic carboxylic acids is 1. The third-order valence-electron chi connectivity index (χ3n) is 3.14. The highest BCUT2D eigenvalue weighted by molar-refractivity contribution is 7.89. The van der Waals surface area contributed by atoms with Crippen LogP contribution in [0.15, 0.2) is 47.5 Å². The Labute approximate surface area is 138 Å². The average molecular weight is 349 g/mol. The van der Waals surface area contributed by atoms with E-state index in [2.05, 4.69) is 10.3 Å². The average Bonchev–Trinajstić information content (AvgIpc) is 2.55. The first-order valence-electron chi connectivity index (χ1n) is 6.75. The fourth-order valence-corrected chi connectivity index (χ4v) is 2.68. The summed E-state index contributed by atoms with van der Waals surface area (Å²) in [4.78, 5) is 26.5. The number of hydrogen-bond acceptors (Lipinski definition) is 5. The van der Waals surface area contributed by atoms with Gasteiger partial charge >= 0.3 is 5.97 Å². The Morgan fingerprint density at radius 2 is 1.71 bits per heavy atom. The highest BCUT2D eigenvalue weighted by Gasteiger charge is 2.17. The zero-order valence-electron chi connectivity index (χ0n) is 12.9. The smallest absolute Gasteiger partial charge is 0.354 e. The molecule has 1 aromatic heterocycles. The molecule has 0 unspecified atom stereocenters. The molecule has 9 heteroatoms.